The molecule has 0 aliphatic carbocycles. The minimum Gasteiger partial charge on any atom is -0.356 e. The van der Waals surface area contributed by atoms with E-state index < -0.39 is 6.04 Å². The molecule has 1 atom stereocenters. The number of hydrogen-bond acceptors (Lipinski definition) is 6. The first-order chi connectivity index (χ1) is 18.5. The van der Waals surface area contributed by atoms with Gasteiger partial charge in [-0.25, -0.2) is 0 Å². The van der Waals surface area contributed by atoms with E-state index in [1.165, 1.54) is 0 Å². The van der Waals surface area contributed by atoms with E-state index in [2.05, 4.69) is 16.0 Å². The Morgan fingerprint density at radius 2 is 1.08 bits per heavy atom. The summed E-state index contributed by atoms with van der Waals surface area (Å²) in [6, 6.07) is -0.450. The van der Waals surface area contributed by atoms with Gasteiger partial charge in [0.05, 0.1) is 0 Å². The molecule has 0 bridgehead atoms. The number of amides is 4. The monoisotopic (exact) mass is 538 g/mol. The van der Waals surface area contributed by atoms with Crippen molar-refractivity contribution in [3.05, 3.63) is 0 Å². The van der Waals surface area contributed by atoms with Gasteiger partial charge in [0, 0.05) is 45.4 Å². The summed E-state index contributed by atoms with van der Waals surface area (Å²) in [5.41, 5.74) is 11.0. The first kappa shape index (κ1) is 33.8. The maximum Gasteiger partial charge on any atom is 0.245 e. The Morgan fingerprint density at radius 1 is 0.605 bits per heavy atom. The number of rotatable bonds is 23. The first-order valence-corrected chi connectivity index (χ1v) is 15.0. The van der Waals surface area contributed by atoms with Crippen LogP contribution < -0.4 is 27.4 Å². The van der Waals surface area contributed by atoms with Crippen molar-refractivity contribution < 1.29 is 19.2 Å². The van der Waals surface area contributed by atoms with Gasteiger partial charge in [0.15, 0.2) is 0 Å². The summed E-state index contributed by atoms with van der Waals surface area (Å²) in [6.45, 7) is 4.09. The number of hydrogen-bond donors (Lipinski definition) is 5. The average Bonchev–Trinajstić information content (AvgIpc) is 3.45. The van der Waals surface area contributed by atoms with Gasteiger partial charge in [0.1, 0.15) is 6.04 Å². The summed E-state index contributed by atoms with van der Waals surface area (Å²) in [7, 11) is 0. The highest BCUT2D eigenvalue weighted by atomic mass is 16.2. The fraction of sp³-hybridized carbons (Fsp3) is 0.857. The molecule has 0 radical (unpaired) electrons. The third kappa shape index (κ3) is 17.3. The predicted octanol–water partition coefficient (Wildman–Crippen LogP) is 2.09. The zero-order valence-electron chi connectivity index (χ0n) is 23.6. The van der Waals surface area contributed by atoms with E-state index in [4.69, 9.17) is 11.5 Å². The van der Waals surface area contributed by atoms with Crippen LogP contribution in [-0.2, 0) is 19.2 Å². The maximum atomic E-state index is 12.8. The standard InChI is InChI=1S/C28H54N6O4/c29-18-8-1-4-15-25(35)31-20-10-2-5-16-26(36)32-21-11-3-6-17-27(37)33-24(14-7-9-19-30)28(38)34-22-12-13-23-34/h24H,1-23,29-30H2,(H,31,35)(H,32,36)(H,33,37)/t24-/m0/s1. The second kappa shape index (κ2) is 22.8. The summed E-state index contributed by atoms with van der Waals surface area (Å²) in [4.78, 5) is 50.8. The molecule has 1 fully saturated rings. The Labute approximate surface area is 229 Å². The molecule has 0 unspecified atom stereocenters. The Morgan fingerprint density at radius 3 is 1.61 bits per heavy atom. The highest BCUT2D eigenvalue weighted by molar-refractivity contribution is 5.87. The lowest BCUT2D eigenvalue weighted by molar-refractivity contribution is -0.135. The number of likely N-dealkylation sites (tertiary alicyclic amines) is 1. The smallest absolute Gasteiger partial charge is 0.245 e. The Balaban J connectivity index is 2.04. The van der Waals surface area contributed by atoms with E-state index >= 15 is 0 Å². The van der Waals surface area contributed by atoms with Crippen LogP contribution in [0.15, 0.2) is 0 Å². The zero-order valence-corrected chi connectivity index (χ0v) is 23.6. The average molecular weight is 539 g/mol. The van der Waals surface area contributed by atoms with Gasteiger partial charge in [-0.15, -0.1) is 0 Å². The van der Waals surface area contributed by atoms with Crippen LogP contribution in [0.25, 0.3) is 0 Å². The van der Waals surface area contributed by atoms with Gasteiger partial charge >= 0.3 is 0 Å². The van der Waals surface area contributed by atoms with Crippen molar-refractivity contribution in [2.24, 2.45) is 11.5 Å². The van der Waals surface area contributed by atoms with Crippen LogP contribution >= 0.6 is 0 Å². The molecule has 10 nitrogen and oxygen atoms in total. The van der Waals surface area contributed by atoms with Gasteiger partial charge in [-0.05, 0) is 83.7 Å². The molecule has 0 saturated carbocycles. The predicted molar refractivity (Wildman–Crippen MR) is 151 cm³/mol. The van der Waals surface area contributed by atoms with Crippen LogP contribution in [0.5, 0.6) is 0 Å². The van der Waals surface area contributed by atoms with Gasteiger partial charge in [0.25, 0.3) is 0 Å². The molecule has 0 aromatic rings. The van der Waals surface area contributed by atoms with E-state index in [1.54, 1.807) is 0 Å². The van der Waals surface area contributed by atoms with Crippen molar-refractivity contribution >= 4 is 23.6 Å². The van der Waals surface area contributed by atoms with Crippen molar-refractivity contribution in [3.63, 3.8) is 0 Å². The lowest BCUT2D eigenvalue weighted by Gasteiger charge is -2.24. The highest BCUT2D eigenvalue weighted by Crippen LogP contribution is 2.13. The van der Waals surface area contributed by atoms with Crippen LogP contribution in [0, 0.1) is 0 Å². The van der Waals surface area contributed by atoms with Gasteiger partial charge in [-0.1, -0.05) is 19.3 Å². The second-order valence-corrected chi connectivity index (χ2v) is 10.4. The molecule has 0 aromatic carbocycles. The number of nitrogens with two attached hydrogens (primary N) is 2. The molecular formula is C28H54N6O4. The van der Waals surface area contributed by atoms with Crippen LogP contribution in [0.2, 0.25) is 0 Å². The molecule has 7 N–H and O–H groups in total. The lowest BCUT2D eigenvalue weighted by atomic mass is 10.1. The largest absolute Gasteiger partial charge is 0.356 e. The van der Waals surface area contributed by atoms with Gasteiger partial charge in [0.2, 0.25) is 23.6 Å². The SMILES string of the molecule is NCCCCCC(=O)NCCCCCC(=O)NCCCCCC(=O)N[C@@H](CCCCN)C(=O)N1CCCC1. The lowest BCUT2D eigenvalue weighted by Crippen LogP contribution is -2.47. The zero-order chi connectivity index (χ0) is 27.8. The summed E-state index contributed by atoms with van der Waals surface area (Å²) in [5, 5.41) is 8.82. The van der Waals surface area contributed by atoms with Crippen LogP contribution in [0.4, 0.5) is 0 Å². The van der Waals surface area contributed by atoms with E-state index in [-0.39, 0.29) is 23.6 Å². The molecule has 0 aromatic heterocycles. The van der Waals surface area contributed by atoms with Gasteiger partial charge in [-0.2, -0.15) is 0 Å². The van der Waals surface area contributed by atoms with Crippen molar-refractivity contribution in [2.45, 2.75) is 115 Å². The van der Waals surface area contributed by atoms with E-state index in [0.717, 1.165) is 96.6 Å². The molecule has 1 saturated heterocycles. The molecule has 220 valence electrons. The number of nitrogens with one attached hydrogen (secondary N) is 3. The molecule has 4 amide bonds. The van der Waals surface area contributed by atoms with Crippen LogP contribution in [-0.4, -0.2) is 73.8 Å². The molecular weight excluding hydrogens is 484 g/mol. The fourth-order valence-electron chi connectivity index (χ4n) is 4.59. The van der Waals surface area contributed by atoms with Crippen LogP contribution in [0.3, 0.4) is 0 Å². The molecule has 1 aliphatic rings. The minimum atomic E-state index is -0.450. The highest BCUT2D eigenvalue weighted by Gasteiger charge is 2.27. The number of carbonyl (C=O) groups excluding carboxylic acids is 4. The van der Waals surface area contributed by atoms with Crippen molar-refractivity contribution in [2.75, 3.05) is 39.3 Å². The molecule has 0 spiro atoms. The second-order valence-electron chi connectivity index (χ2n) is 10.4. The Kier molecular flexibility index (Phi) is 20.3. The quantitative estimate of drug-likeness (QED) is 0.125. The number of carbonyl (C=O) groups is 4. The Hall–Kier alpha value is -2.20. The number of unbranched alkanes of at least 4 members (excludes halogenated alkanes) is 7. The molecule has 1 heterocycles. The molecule has 1 rings (SSSR count). The normalized spacial score (nSPS) is 13.8. The van der Waals surface area contributed by atoms with E-state index in [0.29, 0.717) is 51.9 Å². The number of nitrogens with zero attached hydrogens (tertiary/aromatic N) is 1. The first-order valence-electron chi connectivity index (χ1n) is 15.0. The van der Waals surface area contributed by atoms with E-state index in [9.17, 15) is 19.2 Å². The van der Waals surface area contributed by atoms with Gasteiger partial charge < -0.3 is 32.3 Å². The summed E-state index contributed by atoms with van der Waals surface area (Å²) >= 11 is 0. The van der Waals surface area contributed by atoms with Crippen molar-refractivity contribution in [1.82, 2.24) is 20.9 Å². The van der Waals surface area contributed by atoms with Crippen molar-refractivity contribution in [1.29, 1.82) is 0 Å². The topological polar surface area (TPSA) is 160 Å². The van der Waals surface area contributed by atoms with Crippen LogP contribution in [0.1, 0.15) is 109 Å². The summed E-state index contributed by atoms with van der Waals surface area (Å²) in [5.74, 6) is 0.0964. The third-order valence-corrected chi connectivity index (χ3v) is 6.91. The van der Waals surface area contributed by atoms with Gasteiger partial charge in [-0.3, -0.25) is 19.2 Å². The summed E-state index contributed by atoms with van der Waals surface area (Å²) in [6.07, 6.45) is 13.6. The Bertz CT molecular complexity index is 670. The van der Waals surface area contributed by atoms with E-state index in [1.807, 2.05) is 4.90 Å². The molecule has 38 heavy (non-hydrogen) atoms. The minimum absolute atomic E-state index is 0.0365. The third-order valence-electron chi connectivity index (χ3n) is 6.91. The molecule has 10 heteroatoms. The fourth-order valence-corrected chi connectivity index (χ4v) is 4.59. The maximum absolute atomic E-state index is 12.8. The molecule has 1 aliphatic heterocycles. The summed E-state index contributed by atoms with van der Waals surface area (Å²) < 4.78 is 0. The van der Waals surface area contributed by atoms with Crippen molar-refractivity contribution in [3.8, 4) is 0 Å².